The van der Waals surface area contributed by atoms with E-state index in [9.17, 15) is 31.2 Å². The fourth-order valence-corrected chi connectivity index (χ4v) is 6.87. The van der Waals surface area contributed by atoms with Gasteiger partial charge in [-0.15, -0.1) is 0 Å². The van der Waals surface area contributed by atoms with Gasteiger partial charge in [0.25, 0.3) is 10.0 Å². The summed E-state index contributed by atoms with van der Waals surface area (Å²) in [5.41, 5.74) is -0.305. The second-order valence-electron chi connectivity index (χ2n) is 11.2. The minimum Gasteiger partial charge on any atom is -0.352 e. The SMILES string of the molecule is CC[C@@H](C)NC(=O)[C@H](Cc1ccccc1)N(Cc1ccc(Br)cc1)C(=O)CN(c1cc(C(F)(F)F)ccc1Cl)S(=O)(=O)c1ccccc1. The number of halogens is 5. The maximum Gasteiger partial charge on any atom is 0.416 e. The molecular weight excluding hydrogens is 731 g/mol. The average Bonchev–Trinajstić information content (AvgIpc) is 3.06. The summed E-state index contributed by atoms with van der Waals surface area (Å²) in [6.07, 6.45) is -4.13. The van der Waals surface area contributed by atoms with Crippen LogP contribution in [0, 0.1) is 0 Å². The Morgan fingerprint density at radius 3 is 2.08 bits per heavy atom. The molecule has 0 aliphatic carbocycles. The van der Waals surface area contributed by atoms with Gasteiger partial charge in [0.05, 0.1) is 21.2 Å². The second kappa shape index (κ2) is 16.0. The second-order valence-corrected chi connectivity index (χ2v) is 14.3. The number of nitrogens with zero attached hydrogens (tertiary/aromatic N) is 2. The summed E-state index contributed by atoms with van der Waals surface area (Å²) in [6.45, 7) is 2.67. The molecule has 0 saturated carbocycles. The van der Waals surface area contributed by atoms with Gasteiger partial charge < -0.3 is 10.2 Å². The number of rotatable bonds is 13. The molecule has 2 amide bonds. The van der Waals surface area contributed by atoms with Crippen LogP contribution in [0.1, 0.15) is 37.0 Å². The molecule has 254 valence electrons. The van der Waals surface area contributed by atoms with Gasteiger partial charge in [-0.05, 0) is 66.9 Å². The van der Waals surface area contributed by atoms with Crippen LogP contribution in [-0.4, -0.2) is 43.8 Å². The van der Waals surface area contributed by atoms with E-state index in [2.05, 4.69) is 21.2 Å². The first-order valence-electron chi connectivity index (χ1n) is 15.0. The molecule has 0 heterocycles. The van der Waals surface area contributed by atoms with Crippen LogP contribution in [0.15, 0.2) is 112 Å². The molecule has 0 aromatic heterocycles. The highest BCUT2D eigenvalue weighted by Crippen LogP contribution is 2.37. The molecule has 4 rings (SSSR count). The van der Waals surface area contributed by atoms with Crippen LogP contribution in [-0.2, 0) is 38.8 Å². The first-order valence-corrected chi connectivity index (χ1v) is 17.6. The number of sulfonamides is 1. The summed E-state index contributed by atoms with van der Waals surface area (Å²) in [4.78, 5) is 29.4. The Balaban J connectivity index is 1.87. The van der Waals surface area contributed by atoms with E-state index in [0.717, 1.165) is 22.2 Å². The van der Waals surface area contributed by atoms with Gasteiger partial charge in [-0.25, -0.2) is 8.42 Å². The van der Waals surface area contributed by atoms with E-state index in [4.69, 9.17) is 11.6 Å². The monoisotopic (exact) mass is 763 g/mol. The molecule has 4 aromatic carbocycles. The topological polar surface area (TPSA) is 86.8 Å². The fourth-order valence-electron chi connectivity index (χ4n) is 4.89. The number of hydrogen-bond acceptors (Lipinski definition) is 4. The molecule has 0 unspecified atom stereocenters. The van der Waals surface area contributed by atoms with E-state index in [0.29, 0.717) is 22.4 Å². The van der Waals surface area contributed by atoms with Gasteiger partial charge in [0.1, 0.15) is 12.6 Å². The van der Waals surface area contributed by atoms with Gasteiger partial charge >= 0.3 is 6.18 Å². The third kappa shape index (κ3) is 9.39. The van der Waals surface area contributed by atoms with Crippen molar-refractivity contribution in [3.05, 3.63) is 129 Å². The van der Waals surface area contributed by atoms with Crippen LogP contribution < -0.4 is 9.62 Å². The normalized spacial score (nSPS) is 13.0. The van der Waals surface area contributed by atoms with Crippen LogP contribution in [0.25, 0.3) is 0 Å². The quantitative estimate of drug-likeness (QED) is 0.150. The predicted octanol–water partition coefficient (Wildman–Crippen LogP) is 7.87. The highest BCUT2D eigenvalue weighted by Gasteiger charge is 2.37. The number of amides is 2. The molecule has 1 N–H and O–H groups in total. The highest BCUT2D eigenvalue weighted by molar-refractivity contribution is 9.10. The van der Waals surface area contributed by atoms with Gasteiger partial charge in [0, 0.05) is 23.5 Å². The zero-order valence-corrected chi connectivity index (χ0v) is 29.3. The van der Waals surface area contributed by atoms with E-state index in [1.165, 1.54) is 29.2 Å². The van der Waals surface area contributed by atoms with Gasteiger partial charge in [0.15, 0.2) is 0 Å². The standard InChI is InChI=1S/C35H34BrClF3N3O4S/c1-3-24(2)41-34(45)32(20-25-10-6-4-7-11-25)42(22-26-14-17-28(36)18-15-26)33(44)23-43(48(46,47)29-12-8-5-9-13-29)31-21-27(35(38,39)40)16-19-30(31)37/h4-19,21,24,32H,3,20,22-23H2,1-2H3,(H,41,45)/t24-,32+/m1/s1. The summed E-state index contributed by atoms with van der Waals surface area (Å²) in [5.74, 6) is -1.29. The number of carbonyl (C=O) groups is 2. The first kappa shape index (κ1) is 37.0. The van der Waals surface area contributed by atoms with Crippen molar-refractivity contribution in [1.82, 2.24) is 10.2 Å². The van der Waals surface area contributed by atoms with Gasteiger partial charge in [-0.3, -0.25) is 13.9 Å². The third-order valence-corrected chi connectivity index (χ3v) is 10.3. The van der Waals surface area contributed by atoms with Crippen molar-refractivity contribution in [2.24, 2.45) is 0 Å². The molecule has 0 fully saturated rings. The van der Waals surface area contributed by atoms with Crippen molar-refractivity contribution >= 4 is 55.1 Å². The predicted molar refractivity (Wildman–Crippen MR) is 184 cm³/mol. The zero-order valence-electron chi connectivity index (χ0n) is 26.1. The fraction of sp³-hybridized carbons (Fsp3) is 0.257. The van der Waals surface area contributed by atoms with Crippen LogP contribution >= 0.6 is 27.5 Å². The van der Waals surface area contributed by atoms with Crippen molar-refractivity contribution in [1.29, 1.82) is 0 Å². The first-order chi connectivity index (χ1) is 22.7. The maximum absolute atomic E-state index is 14.5. The molecule has 0 saturated heterocycles. The molecule has 7 nitrogen and oxygen atoms in total. The average molecular weight is 765 g/mol. The lowest BCUT2D eigenvalue weighted by Crippen LogP contribution is -2.54. The summed E-state index contributed by atoms with van der Waals surface area (Å²) in [7, 11) is -4.65. The van der Waals surface area contributed by atoms with Crippen molar-refractivity contribution in [3.8, 4) is 0 Å². The number of alkyl halides is 3. The van der Waals surface area contributed by atoms with Crippen LogP contribution in [0.3, 0.4) is 0 Å². The van der Waals surface area contributed by atoms with Gasteiger partial charge in [0.2, 0.25) is 11.8 Å². The van der Waals surface area contributed by atoms with Crippen LogP contribution in [0.2, 0.25) is 5.02 Å². The molecule has 48 heavy (non-hydrogen) atoms. The van der Waals surface area contributed by atoms with Gasteiger partial charge in [-0.1, -0.05) is 95.1 Å². The summed E-state index contributed by atoms with van der Waals surface area (Å²) >= 11 is 9.76. The highest BCUT2D eigenvalue weighted by atomic mass is 79.9. The Hall–Kier alpha value is -3.87. The van der Waals surface area contributed by atoms with E-state index in [1.54, 1.807) is 54.6 Å². The molecule has 0 aliphatic rings. The Morgan fingerprint density at radius 1 is 0.896 bits per heavy atom. The van der Waals surface area contributed by atoms with E-state index < -0.39 is 51.9 Å². The Labute approximate surface area is 291 Å². The number of nitrogens with one attached hydrogen (secondary N) is 1. The lowest BCUT2D eigenvalue weighted by Gasteiger charge is -2.34. The van der Waals surface area contributed by atoms with Crippen molar-refractivity contribution < 1.29 is 31.2 Å². The molecular formula is C35H34BrClF3N3O4S. The maximum atomic E-state index is 14.5. The largest absolute Gasteiger partial charge is 0.416 e. The molecule has 0 bridgehead atoms. The molecule has 0 spiro atoms. The lowest BCUT2D eigenvalue weighted by molar-refractivity contribution is -0.140. The van der Waals surface area contributed by atoms with Crippen LogP contribution in [0.5, 0.6) is 0 Å². The Bertz CT molecular complexity index is 1810. The minimum atomic E-state index is -4.83. The van der Waals surface area contributed by atoms with Crippen molar-refractivity contribution in [2.45, 2.75) is 56.4 Å². The molecule has 2 atom stereocenters. The number of carbonyl (C=O) groups excluding carboxylic acids is 2. The molecule has 0 radical (unpaired) electrons. The smallest absolute Gasteiger partial charge is 0.352 e. The Morgan fingerprint density at radius 2 is 1.50 bits per heavy atom. The van der Waals surface area contributed by atoms with E-state index in [1.807, 2.05) is 19.9 Å². The third-order valence-electron chi connectivity index (χ3n) is 7.69. The summed E-state index contributed by atoms with van der Waals surface area (Å²) < 4.78 is 71.1. The van der Waals surface area contributed by atoms with E-state index >= 15 is 0 Å². The summed E-state index contributed by atoms with van der Waals surface area (Å²) in [5, 5.41) is 2.62. The van der Waals surface area contributed by atoms with E-state index in [-0.39, 0.29) is 28.9 Å². The molecule has 13 heteroatoms. The number of hydrogen-bond donors (Lipinski definition) is 1. The summed E-state index contributed by atoms with van der Waals surface area (Å²) in [6, 6.07) is 24.0. The molecule has 0 aliphatic heterocycles. The lowest BCUT2D eigenvalue weighted by atomic mass is 10.0. The zero-order chi connectivity index (χ0) is 35.1. The van der Waals surface area contributed by atoms with Crippen molar-refractivity contribution in [2.75, 3.05) is 10.8 Å². The number of anilines is 1. The Kier molecular flexibility index (Phi) is 12.3. The molecule has 4 aromatic rings. The van der Waals surface area contributed by atoms with Gasteiger partial charge in [-0.2, -0.15) is 13.2 Å². The number of benzene rings is 4. The van der Waals surface area contributed by atoms with Crippen LogP contribution in [0.4, 0.5) is 18.9 Å². The van der Waals surface area contributed by atoms with Crippen molar-refractivity contribution in [3.63, 3.8) is 0 Å². The minimum absolute atomic E-state index is 0.0845.